The summed E-state index contributed by atoms with van der Waals surface area (Å²) in [5.74, 6) is 0.860. The van der Waals surface area contributed by atoms with E-state index in [-0.39, 0.29) is 23.3 Å². The highest BCUT2D eigenvalue weighted by Gasteiger charge is 2.17. The molecule has 1 aliphatic rings. The molecule has 0 fully saturated rings. The van der Waals surface area contributed by atoms with Crippen molar-refractivity contribution in [3.05, 3.63) is 53.6 Å². The van der Waals surface area contributed by atoms with Crippen LogP contribution in [0.25, 0.3) is 0 Å². The molecule has 0 aliphatic carbocycles. The highest BCUT2D eigenvalue weighted by Crippen LogP contribution is 2.32. The van der Waals surface area contributed by atoms with E-state index in [0.29, 0.717) is 24.7 Å². The summed E-state index contributed by atoms with van der Waals surface area (Å²) in [5, 5.41) is 2.82. The summed E-state index contributed by atoms with van der Waals surface area (Å²) in [6.07, 6.45) is 0. The lowest BCUT2D eigenvalue weighted by Gasteiger charge is -2.21. The van der Waals surface area contributed by atoms with Crippen LogP contribution in [-0.4, -0.2) is 25.7 Å². The lowest BCUT2D eigenvalue weighted by molar-refractivity contribution is -0.0498. The number of hydrogen-bond donors (Lipinski definition) is 1. The maximum atomic E-state index is 12.3. The van der Waals surface area contributed by atoms with E-state index in [9.17, 15) is 13.6 Å². The third-order valence-corrected chi connectivity index (χ3v) is 3.74. The number of amides is 1. The third-order valence-electron chi connectivity index (χ3n) is 3.74. The molecule has 0 saturated heterocycles. The Labute approximate surface area is 143 Å². The van der Waals surface area contributed by atoms with Crippen LogP contribution in [0.15, 0.2) is 42.5 Å². The Hall–Kier alpha value is -2.83. The van der Waals surface area contributed by atoms with Gasteiger partial charge >= 0.3 is 6.61 Å². The number of nitrogens with one attached hydrogen (secondary N) is 1. The molecule has 132 valence electrons. The zero-order valence-corrected chi connectivity index (χ0v) is 13.5. The standard InChI is InChI=1S/C18H17F2NO4/c1-11(12-5-6-15-16(10-12)24-8-7-23-15)21-17(22)13-3-2-4-14(9-13)25-18(19)20/h2-6,9-11,18H,7-8H2,1H3,(H,21,22)/t11-/m0/s1. The van der Waals surface area contributed by atoms with Crippen LogP contribution in [0.1, 0.15) is 28.9 Å². The minimum absolute atomic E-state index is 0.0605. The predicted molar refractivity (Wildman–Crippen MR) is 86.4 cm³/mol. The first-order chi connectivity index (χ1) is 12.0. The van der Waals surface area contributed by atoms with Gasteiger partial charge in [-0.1, -0.05) is 12.1 Å². The molecule has 1 N–H and O–H groups in total. The van der Waals surface area contributed by atoms with Gasteiger partial charge in [-0.3, -0.25) is 4.79 Å². The number of rotatable bonds is 5. The first kappa shape index (κ1) is 17.0. The van der Waals surface area contributed by atoms with Gasteiger partial charge in [0.05, 0.1) is 6.04 Å². The molecule has 0 radical (unpaired) electrons. The minimum atomic E-state index is -2.94. The van der Waals surface area contributed by atoms with Crippen molar-refractivity contribution >= 4 is 5.91 Å². The smallest absolute Gasteiger partial charge is 0.387 e. The quantitative estimate of drug-likeness (QED) is 0.897. The Morgan fingerprint density at radius 2 is 1.88 bits per heavy atom. The zero-order chi connectivity index (χ0) is 17.8. The van der Waals surface area contributed by atoms with Crippen molar-refractivity contribution in [2.24, 2.45) is 0 Å². The van der Waals surface area contributed by atoms with E-state index >= 15 is 0 Å². The molecule has 25 heavy (non-hydrogen) atoms. The summed E-state index contributed by atoms with van der Waals surface area (Å²) in [6, 6.07) is 10.8. The number of hydrogen-bond acceptors (Lipinski definition) is 4. The largest absolute Gasteiger partial charge is 0.486 e. The van der Waals surface area contributed by atoms with Crippen molar-refractivity contribution in [2.45, 2.75) is 19.6 Å². The van der Waals surface area contributed by atoms with Crippen molar-refractivity contribution < 1.29 is 27.8 Å². The lowest BCUT2D eigenvalue weighted by atomic mass is 10.1. The number of ether oxygens (including phenoxy) is 3. The minimum Gasteiger partial charge on any atom is -0.486 e. The van der Waals surface area contributed by atoms with Gasteiger partial charge in [-0.05, 0) is 42.8 Å². The second kappa shape index (κ2) is 7.38. The fourth-order valence-corrected chi connectivity index (χ4v) is 2.51. The van der Waals surface area contributed by atoms with E-state index in [2.05, 4.69) is 10.1 Å². The van der Waals surface area contributed by atoms with Gasteiger partial charge in [-0.2, -0.15) is 8.78 Å². The van der Waals surface area contributed by atoms with Crippen molar-refractivity contribution in [3.8, 4) is 17.2 Å². The van der Waals surface area contributed by atoms with E-state index in [1.165, 1.54) is 24.3 Å². The molecule has 1 aliphatic heterocycles. The summed E-state index contributed by atoms with van der Waals surface area (Å²) in [4.78, 5) is 12.3. The summed E-state index contributed by atoms with van der Waals surface area (Å²) in [7, 11) is 0. The number of carbonyl (C=O) groups excluding carboxylic acids is 1. The average molecular weight is 349 g/mol. The van der Waals surface area contributed by atoms with E-state index in [0.717, 1.165) is 5.56 Å². The van der Waals surface area contributed by atoms with Gasteiger partial charge in [0, 0.05) is 5.56 Å². The molecular weight excluding hydrogens is 332 g/mol. The molecule has 3 rings (SSSR count). The molecule has 2 aromatic carbocycles. The molecule has 0 spiro atoms. The topological polar surface area (TPSA) is 56.8 Å². The van der Waals surface area contributed by atoms with E-state index in [1.807, 2.05) is 19.1 Å². The van der Waals surface area contributed by atoms with E-state index < -0.39 is 6.61 Å². The fraction of sp³-hybridized carbons (Fsp3) is 0.278. The van der Waals surface area contributed by atoms with Gasteiger partial charge < -0.3 is 19.5 Å². The van der Waals surface area contributed by atoms with Crippen LogP contribution in [0.5, 0.6) is 17.2 Å². The van der Waals surface area contributed by atoms with Gasteiger partial charge in [0.15, 0.2) is 11.5 Å². The lowest BCUT2D eigenvalue weighted by Crippen LogP contribution is -2.27. The molecule has 5 nitrogen and oxygen atoms in total. The van der Waals surface area contributed by atoms with Gasteiger partial charge in [-0.25, -0.2) is 0 Å². The molecule has 2 aromatic rings. The second-order valence-electron chi connectivity index (χ2n) is 5.50. The second-order valence-corrected chi connectivity index (χ2v) is 5.50. The number of alkyl halides is 2. The predicted octanol–water partition coefficient (Wildman–Crippen LogP) is 3.55. The van der Waals surface area contributed by atoms with Crippen molar-refractivity contribution in [2.75, 3.05) is 13.2 Å². The Bertz CT molecular complexity index is 766. The van der Waals surface area contributed by atoms with E-state index in [4.69, 9.17) is 9.47 Å². The highest BCUT2D eigenvalue weighted by molar-refractivity contribution is 5.94. The van der Waals surface area contributed by atoms with Crippen LogP contribution in [0.4, 0.5) is 8.78 Å². The Morgan fingerprint density at radius 3 is 2.64 bits per heavy atom. The zero-order valence-electron chi connectivity index (χ0n) is 13.5. The molecule has 0 aromatic heterocycles. The molecule has 7 heteroatoms. The van der Waals surface area contributed by atoms with Crippen LogP contribution in [0.3, 0.4) is 0 Å². The normalized spacial score (nSPS) is 14.1. The van der Waals surface area contributed by atoms with E-state index in [1.54, 1.807) is 6.07 Å². The van der Waals surface area contributed by atoms with Crippen molar-refractivity contribution in [1.29, 1.82) is 0 Å². The van der Waals surface area contributed by atoms with Gasteiger partial charge in [0.2, 0.25) is 0 Å². The van der Waals surface area contributed by atoms with Crippen molar-refractivity contribution in [3.63, 3.8) is 0 Å². The Morgan fingerprint density at radius 1 is 1.12 bits per heavy atom. The van der Waals surface area contributed by atoms with Crippen molar-refractivity contribution in [1.82, 2.24) is 5.32 Å². The summed E-state index contributed by atoms with van der Waals surface area (Å²) >= 11 is 0. The Balaban J connectivity index is 1.70. The van der Waals surface area contributed by atoms with Gasteiger partial charge in [0.25, 0.3) is 5.91 Å². The highest BCUT2D eigenvalue weighted by atomic mass is 19.3. The molecule has 1 amide bonds. The van der Waals surface area contributed by atoms with Gasteiger partial charge in [0.1, 0.15) is 19.0 Å². The molecular formula is C18H17F2NO4. The summed E-state index contributed by atoms with van der Waals surface area (Å²) in [6.45, 7) is -0.123. The summed E-state index contributed by atoms with van der Waals surface area (Å²) < 4.78 is 39.9. The van der Waals surface area contributed by atoms with Gasteiger partial charge in [-0.15, -0.1) is 0 Å². The summed E-state index contributed by atoms with van der Waals surface area (Å²) in [5.41, 5.74) is 1.08. The first-order valence-electron chi connectivity index (χ1n) is 7.78. The Kier molecular flexibility index (Phi) is 5.02. The first-order valence-corrected chi connectivity index (χ1v) is 7.78. The fourth-order valence-electron chi connectivity index (χ4n) is 2.51. The van der Waals surface area contributed by atoms with Crippen LogP contribution < -0.4 is 19.5 Å². The molecule has 0 saturated carbocycles. The van der Waals surface area contributed by atoms with Crippen LogP contribution >= 0.6 is 0 Å². The maximum Gasteiger partial charge on any atom is 0.387 e. The third kappa shape index (κ3) is 4.17. The molecule has 0 bridgehead atoms. The van der Waals surface area contributed by atoms with Crippen LogP contribution in [0.2, 0.25) is 0 Å². The molecule has 1 heterocycles. The number of benzene rings is 2. The maximum absolute atomic E-state index is 12.3. The average Bonchev–Trinajstić information content (AvgIpc) is 2.61. The molecule has 1 atom stereocenters. The van der Waals surface area contributed by atoms with Crippen LogP contribution in [0, 0.1) is 0 Å². The number of halogens is 2. The monoisotopic (exact) mass is 349 g/mol. The molecule has 0 unspecified atom stereocenters. The van der Waals surface area contributed by atoms with Crippen LogP contribution in [-0.2, 0) is 0 Å². The SMILES string of the molecule is C[C@H](NC(=O)c1cccc(OC(F)F)c1)c1ccc2c(c1)OCCO2. The number of fused-ring (bicyclic) bond motifs is 1. The number of carbonyl (C=O) groups is 1.